The van der Waals surface area contributed by atoms with Gasteiger partial charge in [-0.3, -0.25) is 0 Å². The van der Waals surface area contributed by atoms with Crippen LogP contribution in [0.1, 0.15) is 60.8 Å². The van der Waals surface area contributed by atoms with Crippen LogP contribution in [0.3, 0.4) is 0 Å². The number of carboxylic acids is 1. The topological polar surface area (TPSA) is 309 Å². The number of aliphatic carboxylic acids is 1. The first-order chi connectivity index (χ1) is 37.5. The van der Waals surface area contributed by atoms with E-state index in [-0.39, 0.29) is 31.7 Å². The van der Waals surface area contributed by atoms with Gasteiger partial charge in [0.15, 0.2) is 0 Å². The van der Waals surface area contributed by atoms with Crippen LogP contribution in [0.2, 0.25) is 38.3 Å². The standard InChI is InChI=1S/C51H57N11O12S2Si3/c1-77(2,29-15-27-52-40(63)25-13-14-26-41(64)65)73-79(74-78(3,4)30-16-28-53-51(66)54-31-42(75(67,68)69)76(70,71)72)59-43-32-17-5-6-18-33(32)44(59)56-46-36-21-9-10-22-37(36)48(61(46)79)58-50-39-24-12-11-23-38(39)49(62(50)79)57-47-35-20-8-7-19-34(35)45(55-43)60(47)79/h5-12,17-24,42H,13-16,25-31H2,1-4H3,(H,52,63)(H,64,65)(H2,53,54,66)(H,67,68,69)(H,70,71,72)/p-3. The van der Waals surface area contributed by atoms with Gasteiger partial charge in [-0.15, -0.1) is 0 Å². The number of nitrogens with one attached hydrogen (secondary N) is 3. The molecule has 0 atom stereocenters. The number of hydrogen-bond donors (Lipinski definition) is 3. The van der Waals surface area contributed by atoms with Gasteiger partial charge in [0.25, 0.3) is 0 Å². The summed E-state index contributed by atoms with van der Waals surface area (Å²) in [6.45, 7) is 7.48. The number of hydrogen-bond acceptors (Lipinski definition) is 16. The molecule has 0 radical (unpaired) electrons. The van der Waals surface area contributed by atoms with Crippen molar-refractivity contribution in [2.45, 2.75) is 81.4 Å². The molecule has 8 heterocycles. The van der Waals surface area contributed by atoms with Crippen molar-refractivity contribution in [1.29, 1.82) is 0 Å². The fourth-order valence-corrected chi connectivity index (χ4v) is 37.0. The number of rotatable bonds is 21. The Morgan fingerprint density at radius 1 is 0.582 bits per heavy atom. The molecule has 0 aliphatic carbocycles. The zero-order chi connectivity index (χ0) is 55.7. The van der Waals surface area contributed by atoms with E-state index in [0.29, 0.717) is 83.8 Å². The summed E-state index contributed by atoms with van der Waals surface area (Å²) in [6.07, 6.45) is 1.50. The van der Waals surface area contributed by atoms with Crippen LogP contribution in [0.25, 0.3) is 21.5 Å². The minimum atomic E-state index is -7.11. The van der Waals surface area contributed by atoms with Crippen LogP contribution in [-0.2, 0) is 38.1 Å². The molecule has 0 unspecified atom stereocenters. The Labute approximate surface area is 454 Å². The molecule has 6 aliphatic heterocycles. The van der Waals surface area contributed by atoms with Gasteiger partial charge in [-0.1, -0.05) is 0 Å². The zero-order valence-corrected chi connectivity index (χ0v) is 48.0. The van der Waals surface area contributed by atoms with Crippen LogP contribution in [0, 0.1) is 0 Å². The number of carboxylic acid groups (broad SMARTS) is 1. The molecule has 1 spiro atoms. The van der Waals surface area contributed by atoms with Gasteiger partial charge >= 0.3 is 447 Å². The summed E-state index contributed by atoms with van der Waals surface area (Å²) in [7, 11) is -25.3. The summed E-state index contributed by atoms with van der Waals surface area (Å²) in [6, 6.07) is 31.7. The molecule has 23 nitrogen and oxygen atoms in total. The van der Waals surface area contributed by atoms with E-state index >= 15 is 0 Å². The molecule has 2 aromatic heterocycles. The van der Waals surface area contributed by atoms with E-state index in [9.17, 15) is 45.4 Å². The molecular weight excluding hydrogens is 1110 g/mol. The number of carbonyl (C=O) groups excluding carboxylic acids is 3. The van der Waals surface area contributed by atoms with Crippen molar-refractivity contribution in [1.82, 2.24) is 24.4 Å². The Hall–Kier alpha value is -7.16. The molecule has 28 heteroatoms. The molecule has 0 bridgehead atoms. The number of fused-ring (bicyclic) bond motifs is 12. The van der Waals surface area contributed by atoms with E-state index in [1.54, 1.807) is 0 Å². The van der Waals surface area contributed by atoms with E-state index in [0.717, 1.165) is 43.8 Å². The number of carbonyl (C=O) groups is 3. The van der Waals surface area contributed by atoms with Crippen LogP contribution in [0.5, 0.6) is 0 Å². The average Bonchev–Trinajstić information content (AvgIpc) is 1.80. The monoisotopic (exact) mass is 1160 g/mol. The van der Waals surface area contributed by atoms with Crippen molar-refractivity contribution in [2.75, 3.05) is 19.6 Å². The average molecular weight is 1160 g/mol. The van der Waals surface area contributed by atoms with E-state index < -0.39 is 67.8 Å². The SMILES string of the molecule is C[Si](C)(CCCNC(=O)CCCCC(=O)[O-])O[Si-2]123(O[Si](C)(C)CCCNC(=O)NCC(S(=O)(=O)[O-])S(=O)(=O)[O-])n4c5c6ccccc6c4N=C4c6ccccc6C(=[N+]41)N=c1c4ccccc4c(n12)=NC1=[N+]3C(=N5)c2ccccc21. The second-order valence-electron chi connectivity index (χ2n) is 21.9. The van der Waals surface area contributed by atoms with Crippen LogP contribution < -0.4 is 32.0 Å². The predicted molar refractivity (Wildman–Crippen MR) is 294 cm³/mol. The molecule has 3 amide bonds. The normalized spacial score (nSPS) is 18.2. The molecule has 6 aliphatic rings. The molecule has 412 valence electrons. The third-order valence-electron chi connectivity index (χ3n) is 15.7. The first-order valence-electron chi connectivity index (χ1n) is 26.0. The van der Waals surface area contributed by atoms with Gasteiger partial charge in [-0.05, 0) is 0 Å². The molecule has 6 aromatic rings. The summed E-state index contributed by atoms with van der Waals surface area (Å²) in [5.41, 5.74) is 4.20. The number of unbranched alkanes of at least 4 members (excludes halogenated alkanes) is 1. The first-order valence-corrected chi connectivity index (χ1v) is 37.8. The molecule has 0 saturated carbocycles. The molecule has 79 heavy (non-hydrogen) atoms. The molecule has 0 saturated heterocycles. The van der Waals surface area contributed by atoms with Crippen molar-refractivity contribution in [2.24, 2.45) is 20.0 Å². The maximum atomic E-state index is 13.2. The van der Waals surface area contributed by atoms with E-state index in [2.05, 4.69) is 59.1 Å². The second kappa shape index (κ2) is 17.7. The van der Waals surface area contributed by atoms with Crippen molar-refractivity contribution >= 4 is 119 Å². The van der Waals surface area contributed by atoms with Gasteiger partial charge < -0.3 is 9.90 Å². The Balaban J connectivity index is 1.10. The van der Waals surface area contributed by atoms with Crippen LogP contribution in [0.4, 0.5) is 16.4 Å². The zero-order valence-electron chi connectivity index (χ0n) is 43.4. The fraction of sp³-hybridized carbons (Fsp3) is 0.314. The van der Waals surface area contributed by atoms with E-state index in [4.69, 9.17) is 28.2 Å². The Morgan fingerprint density at radius 2 is 1.01 bits per heavy atom. The Bertz CT molecular complexity index is 4080. The number of urea groups is 1. The minimum absolute atomic E-state index is 0.0356. The van der Waals surface area contributed by atoms with E-state index in [1.165, 1.54) is 0 Å². The van der Waals surface area contributed by atoms with Crippen molar-refractivity contribution in [3.63, 3.8) is 0 Å². The number of nitrogens with zero attached hydrogens (tertiary/aromatic N) is 8. The summed E-state index contributed by atoms with van der Waals surface area (Å²) < 4.78 is 94.0. The van der Waals surface area contributed by atoms with Gasteiger partial charge in [-0.25, -0.2) is 0 Å². The van der Waals surface area contributed by atoms with Gasteiger partial charge in [0.05, 0.1) is 0 Å². The number of aromatic nitrogens is 2. The first kappa shape index (κ1) is 52.5. The number of amides is 3. The number of benzene rings is 4. The molecule has 3 N–H and O–H groups in total. The van der Waals surface area contributed by atoms with Crippen LogP contribution >= 0.6 is 0 Å². The second-order valence-corrected chi connectivity index (χ2v) is 39.6. The molecule has 12 rings (SSSR count). The summed E-state index contributed by atoms with van der Waals surface area (Å²) >= 11 is 0. The summed E-state index contributed by atoms with van der Waals surface area (Å²) in [5, 5.41) is 21.9. The predicted octanol–water partition coefficient (Wildman–Crippen LogP) is 2.69. The van der Waals surface area contributed by atoms with Gasteiger partial charge in [-0.2, -0.15) is 0 Å². The molecule has 0 fully saturated rings. The number of aliphatic imine (C=N–C) groups is 2. The molecule has 4 aromatic carbocycles. The molecular formula is C51H54N11O12S2Si3-3. The van der Waals surface area contributed by atoms with Crippen molar-refractivity contribution in [3.05, 3.63) is 130 Å². The summed E-state index contributed by atoms with van der Waals surface area (Å²) in [5.74, 6) is 1.84. The third kappa shape index (κ3) is 7.41. The fourth-order valence-electron chi connectivity index (χ4n) is 13.0. The van der Waals surface area contributed by atoms with E-state index in [1.807, 2.05) is 97.1 Å². The van der Waals surface area contributed by atoms with Crippen molar-refractivity contribution < 1.29 is 62.1 Å². The third-order valence-corrected chi connectivity index (χ3v) is 35.4. The van der Waals surface area contributed by atoms with Crippen molar-refractivity contribution in [3.8, 4) is 0 Å². The van der Waals surface area contributed by atoms with Gasteiger partial charge in [0, 0.05) is 0 Å². The Morgan fingerprint density at radius 3 is 1.48 bits per heavy atom. The summed E-state index contributed by atoms with van der Waals surface area (Å²) in [4.78, 5) is 60.3. The van der Waals surface area contributed by atoms with Crippen LogP contribution in [0.15, 0.2) is 117 Å². The van der Waals surface area contributed by atoms with Gasteiger partial charge in [0.1, 0.15) is 0 Å². The maximum absolute atomic E-state index is 13.2. The number of amidine groups is 4. The van der Waals surface area contributed by atoms with Gasteiger partial charge in [0.2, 0.25) is 0 Å². The quantitative estimate of drug-likeness (QED) is 0.0533. The van der Waals surface area contributed by atoms with Crippen LogP contribution in [-0.4, -0.2) is 133 Å². The Kier molecular flexibility index (Phi) is 11.8.